The summed E-state index contributed by atoms with van der Waals surface area (Å²) in [7, 11) is 1.59. The maximum absolute atomic E-state index is 12.4. The fourth-order valence-electron chi connectivity index (χ4n) is 2.09. The van der Waals surface area contributed by atoms with Gasteiger partial charge in [0.2, 0.25) is 0 Å². The molecule has 1 aromatic rings. The summed E-state index contributed by atoms with van der Waals surface area (Å²) in [6.07, 6.45) is 2.12. The summed E-state index contributed by atoms with van der Waals surface area (Å²) in [5.41, 5.74) is 0.647. The van der Waals surface area contributed by atoms with Gasteiger partial charge in [-0.2, -0.15) is 0 Å². The molecule has 0 aliphatic carbocycles. The number of ketones is 1. The molecule has 3 nitrogen and oxygen atoms in total. The first-order valence-corrected chi connectivity index (χ1v) is 7.50. The van der Waals surface area contributed by atoms with Crippen molar-refractivity contribution in [3.8, 4) is 5.75 Å². The van der Waals surface area contributed by atoms with E-state index in [2.05, 4.69) is 34.7 Å². The number of rotatable bonds is 8. The van der Waals surface area contributed by atoms with Crippen LogP contribution in [0.5, 0.6) is 5.75 Å². The lowest BCUT2D eigenvalue weighted by molar-refractivity contribution is 0.0927. The Bertz CT molecular complexity index is 415. The van der Waals surface area contributed by atoms with E-state index in [4.69, 9.17) is 4.74 Å². The smallest absolute Gasteiger partial charge is 0.180 e. The fourth-order valence-corrected chi connectivity index (χ4v) is 2.45. The molecule has 19 heavy (non-hydrogen) atoms. The van der Waals surface area contributed by atoms with Gasteiger partial charge < -0.3 is 4.74 Å². The Balaban J connectivity index is 2.83. The van der Waals surface area contributed by atoms with Crippen LogP contribution < -0.4 is 4.74 Å². The number of hydrogen-bond donors (Lipinski definition) is 0. The second-order valence-electron chi connectivity index (χ2n) is 4.54. The van der Waals surface area contributed by atoms with Gasteiger partial charge >= 0.3 is 0 Å². The minimum atomic E-state index is 0.111. The van der Waals surface area contributed by atoms with Crippen LogP contribution in [0.4, 0.5) is 0 Å². The molecule has 0 saturated carbocycles. The Labute approximate surface area is 124 Å². The van der Waals surface area contributed by atoms with Crippen molar-refractivity contribution in [2.75, 3.05) is 26.7 Å². The number of Topliss-reactive ketones (excluding diaryl/α,β-unsaturated/α-hetero) is 1. The molecule has 4 heteroatoms. The summed E-state index contributed by atoms with van der Waals surface area (Å²) in [6, 6.07) is 5.53. The Morgan fingerprint density at radius 1 is 1.26 bits per heavy atom. The first kappa shape index (κ1) is 16.2. The predicted molar refractivity (Wildman–Crippen MR) is 82.0 cm³/mol. The Morgan fingerprint density at radius 2 is 1.89 bits per heavy atom. The minimum absolute atomic E-state index is 0.111. The van der Waals surface area contributed by atoms with Gasteiger partial charge in [0.15, 0.2) is 5.78 Å². The first-order chi connectivity index (χ1) is 9.12. The highest BCUT2D eigenvalue weighted by Gasteiger charge is 2.16. The van der Waals surface area contributed by atoms with E-state index in [1.165, 1.54) is 0 Å². The number of methoxy groups -OCH3 is 1. The second-order valence-corrected chi connectivity index (χ2v) is 5.46. The van der Waals surface area contributed by atoms with Crippen LogP contribution in [0, 0.1) is 0 Å². The number of halogens is 1. The van der Waals surface area contributed by atoms with Crippen LogP contribution >= 0.6 is 15.9 Å². The van der Waals surface area contributed by atoms with Crippen LogP contribution in [0.1, 0.15) is 37.0 Å². The molecule has 0 atom stereocenters. The van der Waals surface area contributed by atoms with Crippen molar-refractivity contribution in [2.45, 2.75) is 26.7 Å². The molecule has 0 aliphatic rings. The zero-order valence-electron chi connectivity index (χ0n) is 11.9. The Morgan fingerprint density at radius 3 is 2.42 bits per heavy atom. The third-order valence-corrected chi connectivity index (χ3v) is 3.40. The summed E-state index contributed by atoms with van der Waals surface area (Å²) in [5, 5.41) is 0. The summed E-state index contributed by atoms with van der Waals surface area (Å²) in [4.78, 5) is 14.6. The third kappa shape index (κ3) is 4.96. The van der Waals surface area contributed by atoms with E-state index in [0.29, 0.717) is 17.9 Å². The van der Waals surface area contributed by atoms with Crippen molar-refractivity contribution in [2.24, 2.45) is 0 Å². The van der Waals surface area contributed by atoms with Crippen molar-refractivity contribution in [1.29, 1.82) is 0 Å². The van der Waals surface area contributed by atoms with Crippen LogP contribution in [-0.4, -0.2) is 37.4 Å². The van der Waals surface area contributed by atoms with Crippen LogP contribution in [-0.2, 0) is 0 Å². The highest BCUT2D eigenvalue weighted by atomic mass is 79.9. The molecule has 0 amide bonds. The summed E-state index contributed by atoms with van der Waals surface area (Å²) < 4.78 is 6.16. The lowest BCUT2D eigenvalue weighted by Crippen LogP contribution is -2.31. The van der Waals surface area contributed by atoms with Gasteiger partial charge in [0.05, 0.1) is 19.2 Å². The molecule has 1 aromatic carbocycles. The largest absolute Gasteiger partial charge is 0.496 e. The van der Waals surface area contributed by atoms with E-state index in [1.54, 1.807) is 7.11 Å². The van der Waals surface area contributed by atoms with Crippen molar-refractivity contribution in [1.82, 2.24) is 4.90 Å². The monoisotopic (exact) mass is 327 g/mol. The topological polar surface area (TPSA) is 29.5 Å². The quantitative estimate of drug-likeness (QED) is 0.681. The molecule has 0 saturated heterocycles. The zero-order chi connectivity index (χ0) is 14.3. The average Bonchev–Trinajstić information content (AvgIpc) is 2.39. The molecule has 1 rings (SSSR count). The van der Waals surface area contributed by atoms with E-state index in [9.17, 15) is 4.79 Å². The van der Waals surface area contributed by atoms with E-state index < -0.39 is 0 Å². The number of benzene rings is 1. The molecular formula is C15H22BrNO2. The molecule has 106 valence electrons. The molecule has 0 fully saturated rings. The molecule has 0 bridgehead atoms. The van der Waals surface area contributed by atoms with Crippen LogP contribution in [0.25, 0.3) is 0 Å². The molecule has 0 radical (unpaired) electrons. The lowest BCUT2D eigenvalue weighted by atomic mass is 10.1. The highest BCUT2D eigenvalue weighted by molar-refractivity contribution is 9.10. The molecular weight excluding hydrogens is 306 g/mol. The van der Waals surface area contributed by atoms with Gasteiger partial charge in [0.1, 0.15) is 5.75 Å². The summed E-state index contributed by atoms with van der Waals surface area (Å²) in [6.45, 7) is 6.62. The van der Waals surface area contributed by atoms with E-state index in [-0.39, 0.29) is 5.78 Å². The number of hydrogen-bond acceptors (Lipinski definition) is 3. The van der Waals surface area contributed by atoms with Crippen LogP contribution in [0.15, 0.2) is 22.7 Å². The molecule has 0 spiro atoms. The van der Waals surface area contributed by atoms with Crippen molar-refractivity contribution < 1.29 is 9.53 Å². The standard InChI is InChI=1S/C15H22BrNO2/c1-4-8-17(9-5-2)11-14(18)13-10-12(16)6-7-15(13)19-3/h6-7,10H,4-5,8-9,11H2,1-3H3. The van der Waals surface area contributed by atoms with E-state index >= 15 is 0 Å². The Hall–Kier alpha value is -0.870. The van der Waals surface area contributed by atoms with E-state index in [1.807, 2.05) is 18.2 Å². The maximum Gasteiger partial charge on any atom is 0.180 e. The van der Waals surface area contributed by atoms with Crippen molar-refractivity contribution in [3.05, 3.63) is 28.2 Å². The maximum atomic E-state index is 12.4. The number of carbonyl (C=O) groups excluding carboxylic acids is 1. The van der Waals surface area contributed by atoms with Gasteiger partial charge in [0, 0.05) is 4.47 Å². The molecule has 0 N–H and O–H groups in total. The SMILES string of the molecule is CCCN(CCC)CC(=O)c1cc(Br)ccc1OC. The van der Waals surface area contributed by atoms with Gasteiger partial charge in [-0.1, -0.05) is 29.8 Å². The zero-order valence-corrected chi connectivity index (χ0v) is 13.5. The highest BCUT2D eigenvalue weighted by Crippen LogP contribution is 2.23. The molecule has 0 aliphatic heterocycles. The fraction of sp³-hybridized carbons (Fsp3) is 0.533. The van der Waals surface area contributed by atoms with Crippen molar-refractivity contribution >= 4 is 21.7 Å². The normalized spacial score (nSPS) is 10.8. The number of nitrogens with zero attached hydrogens (tertiary/aromatic N) is 1. The van der Waals surface area contributed by atoms with Crippen LogP contribution in [0.3, 0.4) is 0 Å². The summed E-state index contributed by atoms with van der Waals surface area (Å²) in [5.74, 6) is 0.751. The first-order valence-electron chi connectivity index (χ1n) is 6.71. The number of ether oxygens (including phenoxy) is 1. The average molecular weight is 328 g/mol. The van der Waals surface area contributed by atoms with E-state index in [0.717, 1.165) is 30.4 Å². The Kier molecular flexibility index (Phi) is 7.10. The van der Waals surface area contributed by atoms with Crippen molar-refractivity contribution in [3.63, 3.8) is 0 Å². The van der Waals surface area contributed by atoms with Crippen LogP contribution in [0.2, 0.25) is 0 Å². The minimum Gasteiger partial charge on any atom is -0.496 e. The van der Waals surface area contributed by atoms with Gasteiger partial charge in [-0.3, -0.25) is 9.69 Å². The number of carbonyl (C=O) groups is 1. The van der Waals surface area contributed by atoms with Gasteiger partial charge in [-0.05, 0) is 44.1 Å². The molecule has 0 unspecified atom stereocenters. The third-order valence-electron chi connectivity index (χ3n) is 2.91. The molecule has 0 heterocycles. The van der Waals surface area contributed by atoms with Gasteiger partial charge in [-0.25, -0.2) is 0 Å². The van der Waals surface area contributed by atoms with Gasteiger partial charge in [-0.15, -0.1) is 0 Å². The lowest BCUT2D eigenvalue weighted by Gasteiger charge is -2.20. The second kappa shape index (κ2) is 8.33. The van der Waals surface area contributed by atoms with Gasteiger partial charge in [0.25, 0.3) is 0 Å². The summed E-state index contributed by atoms with van der Waals surface area (Å²) >= 11 is 3.40. The molecule has 0 aromatic heterocycles. The predicted octanol–water partition coefficient (Wildman–Crippen LogP) is 3.76.